The van der Waals surface area contributed by atoms with Gasteiger partial charge in [-0.1, -0.05) is 17.7 Å². The third-order valence-corrected chi connectivity index (χ3v) is 6.08. The van der Waals surface area contributed by atoms with Crippen LogP contribution in [0.2, 0.25) is 0 Å². The molecule has 1 aliphatic heterocycles. The number of rotatable bonds is 4. The van der Waals surface area contributed by atoms with Gasteiger partial charge in [-0.3, -0.25) is 0 Å². The number of alkyl halides is 3. The van der Waals surface area contributed by atoms with Gasteiger partial charge < -0.3 is 10.1 Å². The van der Waals surface area contributed by atoms with Crippen LogP contribution in [0.3, 0.4) is 0 Å². The molecule has 32 heavy (non-hydrogen) atoms. The topological polar surface area (TPSA) is 79.8 Å². The smallest absolute Gasteiger partial charge is 0.416 e. The summed E-state index contributed by atoms with van der Waals surface area (Å²) in [4.78, 5) is 2.30. The number of hydrazone groups is 1. The van der Waals surface area contributed by atoms with E-state index >= 15 is 0 Å². The fraction of sp³-hybridized carbons (Fsp3) is 0.136. The third-order valence-electron chi connectivity index (χ3n) is 4.86. The number of nitrogens with zero attached hydrogens (tertiary/aromatic N) is 1. The van der Waals surface area contributed by atoms with Gasteiger partial charge in [-0.25, -0.2) is 0 Å². The number of aryl methyl sites for hydroxylation is 1. The van der Waals surface area contributed by atoms with Crippen molar-refractivity contribution in [1.82, 2.24) is 4.83 Å². The number of hydrogen-bond acceptors (Lipinski definition) is 5. The Labute approximate surface area is 182 Å². The van der Waals surface area contributed by atoms with Crippen LogP contribution in [-0.4, -0.2) is 14.1 Å². The van der Waals surface area contributed by atoms with E-state index in [1.807, 2.05) is 6.92 Å². The van der Waals surface area contributed by atoms with Gasteiger partial charge in [0.2, 0.25) is 0 Å². The molecule has 0 radical (unpaired) electrons. The van der Waals surface area contributed by atoms with Crippen molar-refractivity contribution in [3.8, 4) is 11.5 Å². The maximum atomic E-state index is 12.9. The minimum Gasteiger partial charge on any atom is -0.453 e. The molecule has 0 unspecified atom stereocenters. The number of halogens is 3. The first-order valence-electron chi connectivity index (χ1n) is 9.46. The van der Waals surface area contributed by atoms with E-state index in [0.29, 0.717) is 28.4 Å². The predicted octanol–water partition coefficient (Wildman–Crippen LogP) is 5.57. The maximum Gasteiger partial charge on any atom is 0.416 e. The van der Waals surface area contributed by atoms with E-state index in [1.54, 1.807) is 37.3 Å². The number of hydrogen-bond donors (Lipinski definition) is 2. The van der Waals surface area contributed by atoms with Gasteiger partial charge in [0.1, 0.15) is 0 Å². The summed E-state index contributed by atoms with van der Waals surface area (Å²) in [5.41, 5.74) is 2.03. The van der Waals surface area contributed by atoms with Crippen molar-refractivity contribution in [2.24, 2.45) is 5.10 Å². The van der Waals surface area contributed by atoms with Crippen molar-refractivity contribution < 1.29 is 26.3 Å². The molecule has 0 fully saturated rings. The first-order valence-corrected chi connectivity index (χ1v) is 10.9. The molecule has 1 aliphatic rings. The van der Waals surface area contributed by atoms with Crippen LogP contribution in [0.15, 0.2) is 70.7 Å². The van der Waals surface area contributed by atoms with Gasteiger partial charge in [0.25, 0.3) is 10.0 Å². The van der Waals surface area contributed by atoms with Crippen molar-refractivity contribution in [2.75, 3.05) is 5.32 Å². The van der Waals surface area contributed by atoms with Crippen molar-refractivity contribution in [2.45, 2.75) is 24.9 Å². The van der Waals surface area contributed by atoms with Crippen molar-refractivity contribution in [3.63, 3.8) is 0 Å². The molecule has 0 aliphatic carbocycles. The Morgan fingerprint density at radius 2 is 1.69 bits per heavy atom. The van der Waals surface area contributed by atoms with Crippen LogP contribution in [0, 0.1) is 6.92 Å². The molecule has 0 saturated carbocycles. The lowest BCUT2D eigenvalue weighted by atomic mass is 10.1. The Balaban J connectivity index is 1.55. The molecular formula is C22H18F3N3O3S. The summed E-state index contributed by atoms with van der Waals surface area (Å²) in [5.74, 6) is 0.407. The normalized spacial score (nSPS) is 13.5. The molecule has 4 rings (SSSR count). The monoisotopic (exact) mass is 461 g/mol. The highest BCUT2D eigenvalue weighted by molar-refractivity contribution is 7.89. The number of ether oxygens (including phenoxy) is 1. The lowest BCUT2D eigenvalue weighted by Gasteiger charge is -2.23. The van der Waals surface area contributed by atoms with E-state index in [9.17, 15) is 21.6 Å². The summed E-state index contributed by atoms with van der Waals surface area (Å²) in [6.07, 6.45) is -4.47. The van der Waals surface area contributed by atoms with E-state index in [0.717, 1.165) is 17.7 Å². The predicted molar refractivity (Wildman–Crippen MR) is 115 cm³/mol. The summed E-state index contributed by atoms with van der Waals surface area (Å²) in [6, 6.07) is 14.5. The highest BCUT2D eigenvalue weighted by atomic mass is 32.2. The SMILES string of the molecule is C/C(=N\NS(=O)(=O)c1ccc(C)cc1)c1ccc2c(c1)Nc1ccc(C(F)(F)F)cc1O2. The zero-order valence-corrected chi connectivity index (χ0v) is 17.8. The Morgan fingerprint density at radius 1 is 0.969 bits per heavy atom. The first-order chi connectivity index (χ1) is 15.0. The van der Waals surface area contributed by atoms with Gasteiger partial charge in [0.15, 0.2) is 11.5 Å². The van der Waals surface area contributed by atoms with Gasteiger partial charge in [0, 0.05) is 0 Å². The Bertz CT molecular complexity index is 1320. The molecule has 10 heteroatoms. The molecule has 166 valence electrons. The van der Waals surface area contributed by atoms with E-state index < -0.39 is 21.8 Å². The molecular weight excluding hydrogens is 443 g/mol. The second-order valence-electron chi connectivity index (χ2n) is 7.25. The fourth-order valence-corrected chi connectivity index (χ4v) is 3.91. The first kappa shape index (κ1) is 21.7. The van der Waals surface area contributed by atoms with Crippen LogP contribution in [0.1, 0.15) is 23.6 Å². The summed E-state index contributed by atoms with van der Waals surface area (Å²) >= 11 is 0. The summed E-state index contributed by atoms with van der Waals surface area (Å²) < 4.78 is 69.3. The quantitative estimate of drug-likeness (QED) is 0.308. The minimum absolute atomic E-state index is 0.0660. The largest absolute Gasteiger partial charge is 0.453 e. The van der Waals surface area contributed by atoms with Crippen molar-refractivity contribution >= 4 is 27.1 Å². The van der Waals surface area contributed by atoms with Gasteiger partial charge in [-0.15, -0.1) is 0 Å². The number of benzene rings is 3. The second-order valence-corrected chi connectivity index (χ2v) is 8.91. The number of fused-ring (bicyclic) bond motifs is 2. The lowest BCUT2D eigenvalue weighted by molar-refractivity contribution is -0.137. The van der Waals surface area contributed by atoms with Crippen LogP contribution >= 0.6 is 0 Å². The molecule has 1 heterocycles. The minimum atomic E-state index is -4.47. The highest BCUT2D eigenvalue weighted by Crippen LogP contribution is 2.44. The Kier molecular flexibility index (Phi) is 5.33. The average molecular weight is 461 g/mol. The summed E-state index contributed by atoms with van der Waals surface area (Å²) in [7, 11) is -3.82. The van der Waals surface area contributed by atoms with Crippen molar-refractivity contribution in [1.29, 1.82) is 0 Å². The zero-order valence-electron chi connectivity index (χ0n) is 17.0. The second kappa shape index (κ2) is 7.86. The van der Waals surface area contributed by atoms with Crippen molar-refractivity contribution in [3.05, 3.63) is 77.4 Å². The third kappa shape index (κ3) is 4.40. The molecule has 3 aromatic rings. The molecule has 3 aromatic carbocycles. The van der Waals surface area contributed by atoms with Gasteiger partial charge >= 0.3 is 6.18 Å². The number of anilines is 2. The summed E-state index contributed by atoms with van der Waals surface area (Å²) in [6.45, 7) is 3.49. The van der Waals surface area contributed by atoms with Crippen LogP contribution in [0.5, 0.6) is 11.5 Å². The molecule has 0 bridgehead atoms. The van der Waals surface area contributed by atoms with E-state index in [4.69, 9.17) is 4.74 Å². The standard InChI is InChI=1S/C22H18F3N3O3S/c1-13-3-7-17(8-4-13)32(29,30)28-27-14(2)15-5-10-20-19(11-15)26-18-9-6-16(22(23,24)25)12-21(18)31-20/h3-12,26,28H,1-2H3/b27-14+. The zero-order chi connectivity index (χ0) is 23.1. The molecule has 6 nitrogen and oxygen atoms in total. The van der Waals surface area contributed by atoms with Crippen LogP contribution in [0.25, 0.3) is 0 Å². The molecule has 0 saturated heterocycles. The Hall–Kier alpha value is -3.53. The van der Waals surface area contributed by atoms with E-state index in [-0.39, 0.29) is 10.6 Å². The summed E-state index contributed by atoms with van der Waals surface area (Å²) in [5, 5.41) is 7.01. The van der Waals surface area contributed by atoms with Crippen LogP contribution in [0.4, 0.5) is 24.5 Å². The number of sulfonamides is 1. The van der Waals surface area contributed by atoms with Crippen LogP contribution < -0.4 is 14.9 Å². The molecule has 0 aromatic heterocycles. The van der Waals surface area contributed by atoms with Gasteiger partial charge in [-0.05, 0) is 67.9 Å². The maximum absolute atomic E-state index is 12.9. The van der Waals surface area contributed by atoms with E-state index in [2.05, 4.69) is 15.2 Å². The van der Waals surface area contributed by atoms with Crippen LogP contribution in [-0.2, 0) is 16.2 Å². The van der Waals surface area contributed by atoms with E-state index in [1.165, 1.54) is 18.2 Å². The Morgan fingerprint density at radius 3 is 2.38 bits per heavy atom. The molecule has 0 amide bonds. The highest BCUT2D eigenvalue weighted by Gasteiger charge is 2.32. The lowest BCUT2D eigenvalue weighted by Crippen LogP contribution is -2.20. The number of nitrogens with one attached hydrogen (secondary N) is 2. The average Bonchev–Trinajstić information content (AvgIpc) is 2.75. The molecule has 0 atom stereocenters. The molecule has 2 N–H and O–H groups in total. The fourth-order valence-electron chi connectivity index (χ4n) is 3.05. The van der Waals surface area contributed by atoms with Gasteiger partial charge in [-0.2, -0.15) is 31.5 Å². The van der Waals surface area contributed by atoms with Gasteiger partial charge in [0.05, 0.1) is 27.5 Å². The molecule has 0 spiro atoms.